The number of fused-ring (bicyclic) bond motifs is 4. The Balaban J connectivity index is 1.40. The molecule has 226 valence electrons. The van der Waals surface area contributed by atoms with Crippen molar-refractivity contribution in [2.24, 2.45) is 0 Å². The fraction of sp³-hybridized carbons (Fsp3) is 0.324. The number of hydrogen-bond acceptors (Lipinski definition) is 6. The molecule has 5 aromatic rings. The molecule has 2 saturated heterocycles. The van der Waals surface area contributed by atoms with Crippen LogP contribution in [0.2, 0.25) is 5.02 Å². The van der Waals surface area contributed by atoms with E-state index in [9.17, 15) is 9.90 Å². The number of rotatable bonds is 6. The lowest BCUT2D eigenvalue weighted by atomic mass is 9.95. The molecule has 0 unspecified atom stereocenters. The van der Waals surface area contributed by atoms with Gasteiger partial charge in [-0.1, -0.05) is 42.4 Å². The van der Waals surface area contributed by atoms with Crippen LogP contribution in [-0.4, -0.2) is 74.7 Å². The van der Waals surface area contributed by atoms with E-state index in [2.05, 4.69) is 23.1 Å². The molecular formula is C34H33ClFN5O3. The number of hydrogen-bond donors (Lipinski definition) is 1. The molecule has 8 nitrogen and oxygen atoms in total. The Kier molecular flexibility index (Phi) is 7.38. The van der Waals surface area contributed by atoms with E-state index in [0.29, 0.717) is 54.5 Å². The second-order valence-corrected chi connectivity index (χ2v) is 12.2. The smallest absolute Gasteiger partial charge is 0.245 e. The van der Waals surface area contributed by atoms with Crippen LogP contribution in [0.5, 0.6) is 11.6 Å². The van der Waals surface area contributed by atoms with Gasteiger partial charge in [-0.05, 0) is 79.9 Å². The zero-order valence-corrected chi connectivity index (χ0v) is 25.2. The zero-order valence-electron chi connectivity index (χ0n) is 24.5. The number of aromatic hydroxyl groups is 1. The van der Waals surface area contributed by atoms with Crippen LogP contribution in [-0.2, 0) is 4.79 Å². The number of likely N-dealkylation sites (tertiary alicyclic amines) is 2. The minimum atomic E-state index is -0.591. The van der Waals surface area contributed by atoms with E-state index in [-0.39, 0.29) is 45.7 Å². The molecule has 0 aliphatic carbocycles. The van der Waals surface area contributed by atoms with Crippen LogP contribution in [0, 0.1) is 5.82 Å². The van der Waals surface area contributed by atoms with Crippen molar-refractivity contribution < 1.29 is 19.0 Å². The average molecular weight is 614 g/mol. The number of likely N-dealkylation sites (N-methyl/N-ethyl adjacent to an activating group) is 1. The average Bonchev–Trinajstić information content (AvgIpc) is 3.66. The number of carbonyl (C=O) groups excluding carboxylic acids is 1. The molecule has 1 N–H and O–H groups in total. The van der Waals surface area contributed by atoms with Gasteiger partial charge in [-0.15, -0.1) is 0 Å². The third-order valence-electron chi connectivity index (χ3n) is 9.20. The van der Waals surface area contributed by atoms with Gasteiger partial charge in [-0.25, -0.2) is 14.4 Å². The normalized spacial score (nSPS) is 18.1. The fourth-order valence-corrected chi connectivity index (χ4v) is 7.12. The number of halogens is 2. The number of piperidine rings is 1. The molecule has 7 rings (SSSR count). The number of imidazole rings is 1. The maximum absolute atomic E-state index is 16.9. The maximum Gasteiger partial charge on any atom is 0.245 e. The molecule has 1 atom stereocenters. The van der Waals surface area contributed by atoms with Gasteiger partial charge >= 0.3 is 0 Å². The number of phenolic OH excluding ortho intramolecular Hbond substituents is 1. The lowest BCUT2D eigenvalue weighted by Crippen LogP contribution is -2.38. The van der Waals surface area contributed by atoms with Crippen LogP contribution in [0.15, 0.2) is 61.4 Å². The number of aromatic nitrogens is 3. The second-order valence-electron chi connectivity index (χ2n) is 11.8. The number of phenols is 1. The Morgan fingerprint density at radius 1 is 1.14 bits per heavy atom. The van der Waals surface area contributed by atoms with E-state index in [1.807, 2.05) is 24.3 Å². The van der Waals surface area contributed by atoms with Gasteiger partial charge < -0.3 is 24.2 Å². The Bertz CT molecular complexity index is 1930. The number of pyridine rings is 1. The number of nitrogens with zero attached hydrogens (tertiary/aromatic N) is 5. The summed E-state index contributed by atoms with van der Waals surface area (Å²) in [6.07, 6.45) is 6.64. The van der Waals surface area contributed by atoms with Gasteiger partial charge in [-0.3, -0.25) is 4.79 Å². The standard InChI is InChI=1S/C34H33ClFN5O3/c1-3-28(43)40-13-10-21(11-14-40)41-19-37-32-33(41)26-17-27(35)29(25-16-23(42)15-20-7-4-5-9-24(20)25)30(36)31(26)38-34(32)44-18-22-8-6-12-39(22)2/h3-5,7,9,15-17,19,21-22,42H,1,6,8,10-14,18H2,2H3/t22-/m0/s1. The number of carbonyl (C=O) groups is 1. The minimum Gasteiger partial charge on any atom is -0.508 e. The highest BCUT2D eigenvalue weighted by atomic mass is 35.5. The molecule has 2 aromatic heterocycles. The van der Waals surface area contributed by atoms with Gasteiger partial charge in [0.2, 0.25) is 11.8 Å². The van der Waals surface area contributed by atoms with Crippen LogP contribution in [0.25, 0.3) is 43.8 Å². The Morgan fingerprint density at radius 2 is 1.93 bits per heavy atom. The summed E-state index contributed by atoms with van der Waals surface area (Å²) in [5.41, 5.74) is 2.02. The minimum absolute atomic E-state index is 0.0155. The molecule has 3 aromatic carbocycles. The summed E-state index contributed by atoms with van der Waals surface area (Å²) in [6, 6.07) is 12.7. The van der Waals surface area contributed by atoms with Crippen molar-refractivity contribution in [3.63, 3.8) is 0 Å². The Hall–Kier alpha value is -4.21. The van der Waals surface area contributed by atoms with E-state index >= 15 is 4.39 Å². The van der Waals surface area contributed by atoms with Crippen molar-refractivity contribution in [1.82, 2.24) is 24.3 Å². The van der Waals surface area contributed by atoms with Gasteiger partial charge in [0.1, 0.15) is 17.9 Å². The van der Waals surface area contributed by atoms with E-state index in [1.54, 1.807) is 23.4 Å². The molecular weight excluding hydrogens is 581 g/mol. The summed E-state index contributed by atoms with van der Waals surface area (Å²) in [6.45, 7) is 6.20. The highest BCUT2D eigenvalue weighted by Gasteiger charge is 2.29. The quantitative estimate of drug-likeness (QED) is 0.214. The molecule has 0 saturated carbocycles. The van der Waals surface area contributed by atoms with Gasteiger partial charge in [0.15, 0.2) is 11.3 Å². The lowest BCUT2D eigenvalue weighted by Gasteiger charge is -2.32. The van der Waals surface area contributed by atoms with Crippen LogP contribution >= 0.6 is 11.6 Å². The zero-order chi connectivity index (χ0) is 30.5. The molecule has 0 bridgehead atoms. The van der Waals surface area contributed by atoms with Gasteiger partial charge in [0, 0.05) is 36.1 Å². The molecule has 0 spiro atoms. The predicted molar refractivity (Wildman–Crippen MR) is 171 cm³/mol. The van der Waals surface area contributed by atoms with Gasteiger partial charge in [-0.2, -0.15) is 0 Å². The van der Waals surface area contributed by atoms with E-state index in [1.165, 1.54) is 12.1 Å². The largest absolute Gasteiger partial charge is 0.508 e. The topological polar surface area (TPSA) is 83.7 Å². The molecule has 2 fully saturated rings. The van der Waals surface area contributed by atoms with Crippen LogP contribution in [0.3, 0.4) is 0 Å². The molecule has 2 aliphatic rings. The van der Waals surface area contributed by atoms with Gasteiger partial charge in [0.05, 0.1) is 16.9 Å². The maximum atomic E-state index is 16.9. The van der Waals surface area contributed by atoms with E-state index < -0.39 is 5.82 Å². The summed E-state index contributed by atoms with van der Waals surface area (Å²) < 4.78 is 25.3. The summed E-state index contributed by atoms with van der Waals surface area (Å²) in [7, 11) is 2.08. The number of ether oxygens (including phenoxy) is 1. The van der Waals surface area contributed by atoms with E-state index in [4.69, 9.17) is 26.3 Å². The first-order valence-electron chi connectivity index (χ1n) is 15.0. The van der Waals surface area contributed by atoms with Crippen LogP contribution in [0.4, 0.5) is 4.39 Å². The molecule has 1 amide bonds. The highest BCUT2D eigenvalue weighted by molar-refractivity contribution is 6.35. The van der Waals surface area contributed by atoms with Crippen molar-refractivity contribution in [2.45, 2.75) is 37.8 Å². The fourth-order valence-electron chi connectivity index (χ4n) is 6.82. The van der Waals surface area contributed by atoms with Gasteiger partial charge in [0.25, 0.3) is 0 Å². The van der Waals surface area contributed by atoms with Crippen molar-refractivity contribution in [2.75, 3.05) is 33.3 Å². The first kappa shape index (κ1) is 28.6. The third-order valence-corrected chi connectivity index (χ3v) is 9.50. The summed E-state index contributed by atoms with van der Waals surface area (Å²) in [5.74, 6) is -0.380. The van der Waals surface area contributed by atoms with Crippen LogP contribution in [0.1, 0.15) is 31.7 Å². The predicted octanol–water partition coefficient (Wildman–Crippen LogP) is 6.73. The molecule has 0 radical (unpaired) electrons. The molecule has 44 heavy (non-hydrogen) atoms. The van der Waals surface area contributed by atoms with Crippen molar-refractivity contribution in [3.8, 4) is 22.8 Å². The summed E-state index contributed by atoms with van der Waals surface area (Å²) in [4.78, 5) is 25.7. The Labute approximate surface area is 259 Å². The van der Waals surface area contributed by atoms with Crippen LogP contribution < -0.4 is 4.74 Å². The van der Waals surface area contributed by atoms with Crippen molar-refractivity contribution in [1.29, 1.82) is 0 Å². The molecule has 2 aliphatic heterocycles. The summed E-state index contributed by atoms with van der Waals surface area (Å²) in [5, 5.41) is 12.8. The first-order chi connectivity index (χ1) is 21.3. The SMILES string of the molecule is C=CC(=O)N1CCC(n2cnc3c(OC[C@@H]4CCCN4C)nc4c(F)c(-c5cc(O)cc6ccccc56)c(Cl)cc4c32)CC1. The number of amides is 1. The lowest BCUT2D eigenvalue weighted by molar-refractivity contribution is -0.127. The number of benzene rings is 3. The van der Waals surface area contributed by atoms with Crippen molar-refractivity contribution in [3.05, 3.63) is 72.3 Å². The summed E-state index contributed by atoms with van der Waals surface area (Å²) >= 11 is 6.90. The highest BCUT2D eigenvalue weighted by Crippen LogP contribution is 2.43. The first-order valence-corrected chi connectivity index (χ1v) is 15.4. The monoisotopic (exact) mass is 613 g/mol. The Morgan fingerprint density at radius 3 is 2.68 bits per heavy atom. The molecule has 4 heterocycles. The molecule has 10 heteroatoms. The second kappa shape index (κ2) is 11.4. The van der Waals surface area contributed by atoms with Crippen molar-refractivity contribution >= 4 is 50.2 Å². The van der Waals surface area contributed by atoms with E-state index in [0.717, 1.165) is 30.2 Å². The third kappa shape index (κ3) is 4.84.